The number of piperazine rings is 1. The van der Waals surface area contributed by atoms with Crippen molar-refractivity contribution < 1.29 is 41.0 Å². The number of nitrogens with zero attached hydrogens (tertiary/aromatic N) is 6. The van der Waals surface area contributed by atoms with Crippen LogP contribution in [0.2, 0.25) is 0 Å². The van der Waals surface area contributed by atoms with E-state index < -0.39 is 51.5 Å². The van der Waals surface area contributed by atoms with Crippen LogP contribution in [0.4, 0.5) is 13.2 Å². The van der Waals surface area contributed by atoms with E-state index in [1.165, 1.54) is 9.58 Å². The highest BCUT2D eigenvalue weighted by Crippen LogP contribution is 2.27. The molecule has 1 aliphatic heterocycles. The van der Waals surface area contributed by atoms with Crippen molar-refractivity contribution in [1.82, 2.24) is 29.4 Å². The number of amides is 1. The molecule has 1 saturated heterocycles. The number of aromatic nitrogens is 4. The monoisotopic (exact) mass is 478 g/mol. The van der Waals surface area contributed by atoms with Crippen LogP contribution in [0.3, 0.4) is 0 Å². The molecule has 1 aromatic carbocycles. The first-order chi connectivity index (χ1) is 14.9. The van der Waals surface area contributed by atoms with E-state index >= 15 is 0 Å². The van der Waals surface area contributed by atoms with Gasteiger partial charge in [-0.05, 0) is 41.6 Å². The first-order valence-corrected chi connectivity index (χ1v) is 10.4. The van der Waals surface area contributed by atoms with Gasteiger partial charge in [0.2, 0.25) is 15.9 Å². The predicted octanol–water partition coefficient (Wildman–Crippen LogP) is -0.134. The Morgan fingerprint density at radius 1 is 1.22 bits per heavy atom. The van der Waals surface area contributed by atoms with Gasteiger partial charge in [0.25, 0.3) is 0 Å². The molecule has 0 spiro atoms. The molecule has 1 fully saturated rings. The first kappa shape index (κ1) is 23.4. The van der Waals surface area contributed by atoms with Crippen LogP contribution < -0.4 is 4.74 Å². The zero-order valence-corrected chi connectivity index (χ0v) is 17.2. The highest BCUT2D eigenvalue weighted by atomic mass is 32.2. The lowest BCUT2D eigenvalue weighted by molar-refractivity contribution is -0.274. The molecule has 0 unspecified atom stereocenters. The summed E-state index contributed by atoms with van der Waals surface area (Å²) >= 11 is 0. The summed E-state index contributed by atoms with van der Waals surface area (Å²) in [5.74, 6) is -2.24. The molecule has 0 saturated carbocycles. The molecule has 2 aromatic rings. The van der Waals surface area contributed by atoms with Gasteiger partial charge in [0.1, 0.15) is 24.2 Å². The standard InChI is InChI=1S/C16H17F3N6O6S/c1-10-20-21-22-24(10)9-14(26)23-6-7-25(13(8-23)15(27)28)32(29,30)12-4-2-11(3-5-12)31-16(17,18)19/h2-5,13H,6-9H2,1H3,(H,27,28)/t13-/m1/s1. The van der Waals surface area contributed by atoms with E-state index in [1.54, 1.807) is 6.92 Å². The van der Waals surface area contributed by atoms with Gasteiger partial charge in [-0.3, -0.25) is 9.59 Å². The van der Waals surface area contributed by atoms with E-state index in [9.17, 15) is 36.3 Å². The Balaban J connectivity index is 1.76. The van der Waals surface area contributed by atoms with Crippen LogP contribution in [0.1, 0.15) is 5.82 Å². The highest BCUT2D eigenvalue weighted by molar-refractivity contribution is 7.89. The topological polar surface area (TPSA) is 148 Å². The average Bonchev–Trinajstić information content (AvgIpc) is 3.11. The van der Waals surface area contributed by atoms with E-state index in [4.69, 9.17) is 0 Å². The van der Waals surface area contributed by atoms with Gasteiger partial charge in [-0.25, -0.2) is 13.1 Å². The molecule has 1 amide bonds. The number of carboxylic acids is 1. The highest BCUT2D eigenvalue weighted by Gasteiger charge is 2.41. The molecule has 12 nitrogen and oxygen atoms in total. The van der Waals surface area contributed by atoms with Crippen molar-refractivity contribution in [2.45, 2.75) is 30.8 Å². The molecule has 1 N–H and O–H groups in total. The number of carboxylic acid groups (broad SMARTS) is 1. The summed E-state index contributed by atoms with van der Waals surface area (Å²) in [6.07, 6.45) is -4.95. The average molecular weight is 478 g/mol. The van der Waals surface area contributed by atoms with Gasteiger partial charge in [-0.1, -0.05) is 0 Å². The number of carbonyl (C=O) groups is 2. The summed E-state index contributed by atoms with van der Waals surface area (Å²) in [4.78, 5) is 25.0. The zero-order chi connectivity index (χ0) is 23.7. The SMILES string of the molecule is Cc1nnnn1CC(=O)N1CCN(S(=O)(=O)c2ccc(OC(F)(F)F)cc2)[C@@H](C(=O)O)C1. The second-order valence-corrected chi connectivity index (χ2v) is 8.60. The molecule has 2 heterocycles. The van der Waals surface area contributed by atoms with Gasteiger partial charge in [0.15, 0.2) is 0 Å². The van der Waals surface area contributed by atoms with Gasteiger partial charge in [-0.2, -0.15) is 4.31 Å². The number of aliphatic carboxylic acids is 1. The molecule has 32 heavy (non-hydrogen) atoms. The van der Waals surface area contributed by atoms with Crippen molar-refractivity contribution in [3.63, 3.8) is 0 Å². The van der Waals surface area contributed by atoms with Crippen LogP contribution >= 0.6 is 0 Å². The van der Waals surface area contributed by atoms with E-state index in [0.29, 0.717) is 10.1 Å². The maximum absolute atomic E-state index is 12.9. The third-order valence-electron chi connectivity index (χ3n) is 4.63. The Morgan fingerprint density at radius 2 is 1.88 bits per heavy atom. The molecular weight excluding hydrogens is 461 g/mol. The van der Waals surface area contributed by atoms with Crippen molar-refractivity contribution in [1.29, 1.82) is 0 Å². The van der Waals surface area contributed by atoms with Gasteiger partial charge < -0.3 is 14.7 Å². The van der Waals surface area contributed by atoms with Gasteiger partial charge >= 0.3 is 12.3 Å². The molecule has 1 aromatic heterocycles. The molecular formula is C16H17F3N6O6S. The van der Waals surface area contributed by atoms with E-state index in [0.717, 1.165) is 24.3 Å². The quantitative estimate of drug-likeness (QED) is 0.599. The largest absolute Gasteiger partial charge is 0.573 e. The minimum absolute atomic E-state index is 0.0989. The number of aryl methyl sites for hydroxylation is 1. The van der Waals surface area contributed by atoms with Crippen LogP contribution in [0, 0.1) is 6.92 Å². The number of tetrazole rings is 1. The number of ether oxygens (including phenoxy) is 1. The summed E-state index contributed by atoms with van der Waals surface area (Å²) in [6.45, 7) is 0.462. The van der Waals surface area contributed by atoms with Crippen molar-refractivity contribution in [3.05, 3.63) is 30.1 Å². The number of hydrogen-bond donors (Lipinski definition) is 1. The Bertz CT molecular complexity index is 1100. The third kappa shape index (κ3) is 5.13. The normalized spacial score (nSPS) is 17.9. The number of benzene rings is 1. The molecule has 0 aliphatic carbocycles. The molecule has 1 atom stereocenters. The van der Waals surface area contributed by atoms with Crippen LogP contribution in [-0.4, -0.2) is 86.9 Å². The Labute approximate surface area is 179 Å². The lowest BCUT2D eigenvalue weighted by Crippen LogP contribution is -2.59. The fraction of sp³-hybridized carbons (Fsp3) is 0.438. The number of rotatable bonds is 6. The lowest BCUT2D eigenvalue weighted by Gasteiger charge is -2.38. The number of hydrogen-bond acceptors (Lipinski definition) is 8. The maximum Gasteiger partial charge on any atom is 0.573 e. The fourth-order valence-electron chi connectivity index (χ4n) is 3.05. The second kappa shape index (κ2) is 8.70. The third-order valence-corrected chi connectivity index (χ3v) is 6.55. The smallest absolute Gasteiger partial charge is 0.480 e. The Morgan fingerprint density at radius 3 is 2.41 bits per heavy atom. The molecule has 0 radical (unpaired) electrons. The molecule has 1 aliphatic rings. The van der Waals surface area contributed by atoms with Crippen molar-refractivity contribution in [3.8, 4) is 5.75 Å². The zero-order valence-electron chi connectivity index (χ0n) is 16.4. The molecule has 0 bridgehead atoms. The minimum atomic E-state index is -4.95. The second-order valence-electron chi connectivity index (χ2n) is 6.71. The number of alkyl halides is 3. The van der Waals surface area contributed by atoms with Crippen LogP contribution in [0.25, 0.3) is 0 Å². The number of carbonyl (C=O) groups excluding carboxylic acids is 1. The predicted molar refractivity (Wildman–Crippen MR) is 97.6 cm³/mol. The van der Waals surface area contributed by atoms with Crippen molar-refractivity contribution in [2.24, 2.45) is 0 Å². The summed E-state index contributed by atoms with van der Waals surface area (Å²) in [5.41, 5.74) is 0. The first-order valence-electron chi connectivity index (χ1n) is 8.99. The minimum Gasteiger partial charge on any atom is -0.480 e. The maximum atomic E-state index is 12.9. The van der Waals surface area contributed by atoms with Crippen LogP contribution in [0.15, 0.2) is 29.2 Å². The summed E-state index contributed by atoms with van der Waals surface area (Å²) in [6, 6.07) is 1.79. The van der Waals surface area contributed by atoms with Crippen molar-refractivity contribution in [2.75, 3.05) is 19.6 Å². The Kier molecular flexibility index (Phi) is 6.36. The lowest BCUT2D eigenvalue weighted by atomic mass is 10.2. The summed E-state index contributed by atoms with van der Waals surface area (Å²) < 4.78 is 68.4. The molecule has 16 heteroatoms. The number of halogens is 3. The van der Waals surface area contributed by atoms with Gasteiger partial charge in [0, 0.05) is 19.6 Å². The van der Waals surface area contributed by atoms with Gasteiger partial charge in [-0.15, -0.1) is 18.3 Å². The van der Waals surface area contributed by atoms with Crippen molar-refractivity contribution >= 4 is 21.9 Å². The Hall–Kier alpha value is -3.27. The van der Waals surface area contributed by atoms with E-state index in [1.807, 2.05) is 0 Å². The number of sulfonamides is 1. The van der Waals surface area contributed by atoms with Crippen LogP contribution in [0.5, 0.6) is 5.75 Å². The molecule has 174 valence electrons. The van der Waals surface area contributed by atoms with E-state index in [-0.39, 0.29) is 19.6 Å². The summed E-state index contributed by atoms with van der Waals surface area (Å²) in [7, 11) is -4.38. The van der Waals surface area contributed by atoms with Crippen LogP contribution in [-0.2, 0) is 26.2 Å². The molecule has 3 rings (SSSR count). The fourth-order valence-corrected chi connectivity index (χ4v) is 4.62. The van der Waals surface area contributed by atoms with Gasteiger partial charge in [0.05, 0.1) is 4.90 Å². The van der Waals surface area contributed by atoms with E-state index in [2.05, 4.69) is 20.3 Å². The summed E-state index contributed by atoms with van der Waals surface area (Å²) in [5, 5.41) is 20.2.